The lowest BCUT2D eigenvalue weighted by atomic mass is 10.2. The van der Waals surface area contributed by atoms with E-state index in [1.807, 2.05) is 24.3 Å². The van der Waals surface area contributed by atoms with E-state index in [1.165, 1.54) is 0 Å². The summed E-state index contributed by atoms with van der Waals surface area (Å²) in [6.45, 7) is 1.41. The van der Waals surface area contributed by atoms with Crippen molar-refractivity contribution in [1.29, 1.82) is 0 Å². The summed E-state index contributed by atoms with van der Waals surface area (Å²) in [7, 11) is 1.68. The highest BCUT2D eigenvalue weighted by molar-refractivity contribution is 5.88. The number of ether oxygens (including phenoxy) is 1. The van der Waals surface area contributed by atoms with Crippen molar-refractivity contribution in [2.24, 2.45) is 0 Å². The van der Waals surface area contributed by atoms with Gasteiger partial charge in [0.25, 0.3) is 0 Å². The molecule has 0 amide bonds. The average Bonchev–Trinajstić information content (AvgIpc) is 2.30. The van der Waals surface area contributed by atoms with E-state index in [-0.39, 0.29) is 12.4 Å². The molecule has 0 aliphatic rings. The average molecular weight is 239 g/mol. The smallest absolute Gasteiger partial charge is 0.137 e. The van der Waals surface area contributed by atoms with Crippen LogP contribution in [0.5, 0.6) is 0 Å². The van der Waals surface area contributed by atoms with Crippen molar-refractivity contribution in [3.63, 3.8) is 0 Å². The summed E-state index contributed by atoms with van der Waals surface area (Å²) in [5, 5.41) is 4.25. The van der Waals surface area contributed by atoms with Gasteiger partial charge in [-0.05, 0) is 12.1 Å². The highest BCUT2D eigenvalue weighted by Crippen LogP contribution is 2.17. The summed E-state index contributed by atoms with van der Waals surface area (Å²) in [6, 6.07) is 7.92. The van der Waals surface area contributed by atoms with Crippen LogP contribution in [0.3, 0.4) is 0 Å². The van der Waals surface area contributed by atoms with Gasteiger partial charge in [-0.25, -0.2) is 9.97 Å². The van der Waals surface area contributed by atoms with Gasteiger partial charge in [-0.15, -0.1) is 0 Å². The number of para-hydroxylation sites is 1. The molecule has 0 saturated heterocycles. The van der Waals surface area contributed by atoms with E-state index >= 15 is 0 Å². The van der Waals surface area contributed by atoms with E-state index in [0.29, 0.717) is 6.61 Å². The molecule has 0 spiro atoms. The largest absolute Gasteiger partial charge is 1.00 e. The standard InChI is InChI=1S/C11H13N3O.ClH/c1-15-7-6-12-11-9-4-2-3-5-10(9)13-8-14-11;/h2-5,8H,6-7H2,1H3,(H,12,13,14);1H/p-1. The first-order valence-electron chi connectivity index (χ1n) is 4.84. The van der Waals surface area contributed by atoms with E-state index in [1.54, 1.807) is 13.4 Å². The minimum Gasteiger partial charge on any atom is -1.00 e. The molecule has 0 aliphatic carbocycles. The maximum atomic E-state index is 4.97. The van der Waals surface area contributed by atoms with E-state index in [4.69, 9.17) is 4.74 Å². The van der Waals surface area contributed by atoms with Crippen LogP contribution in [-0.4, -0.2) is 30.2 Å². The Labute approximate surface area is 100 Å². The fourth-order valence-electron chi connectivity index (χ4n) is 1.42. The first-order chi connectivity index (χ1) is 7.42. The van der Waals surface area contributed by atoms with Crippen molar-refractivity contribution < 1.29 is 17.1 Å². The van der Waals surface area contributed by atoms with Gasteiger partial charge in [0.1, 0.15) is 12.1 Å². The number of hydrogen-bond acceptors (Lipinski definition) is 4. The zero-order valence-electron chi connectivity index (χ0n) is 8.98. The number of methoxy groups -OCH3 is 1. The van der Waals surface area contributed by atoms with Crippen molar-refractivity contribution in [1.82, 2.24) is 9.97 Å². The summed E-state index contributed by atoms with van der Waals surface area (Å²) >= 11 is 0. The first-order valence-corrected chi connectivity index (χ1v) is 4.84. The quantitative estimate of drug-likeness (QED) is 0.673. The molecule has 0 fully saturated rings. The van der Waals surface area contributed by atoms with Crippen molar-refractivity contribution >= 4 is 16.7 Å². The summed E-state index contributed by atoms with van der Waals surface area (Å²) in [5.74, 6) is 0.859. The minimum absolute atomic E-state index is 0. The summed E-state index contributed by atoms with van der Waals surface area (Å²) < 4.78 is 4.97. The zero-order valence-corrected chi connectivity index (χ0v) is 9.74. The summed E-state index contributed by atoms with van der Waals surface area (Å²) in [6.07, 6.45) is 1.57. The molecule has 0 radical (unpaired) electrons. The Kier molecular flexibility index (Phi) is 4.95. The summed E-state index contributed by atoms with van der Waals surface area (Å²) in [4.78, 5) is 8.39. The van der Waals surface area contributed by atoms with Gasteiger partial charge >= 0.3 is 0 Å². The molecule has 1 aromatic heterocycles. The molecule has 0 bridgehead atoms. The van der Waals surface area contributed by atoms with Crippen molar-refractivity contribution in [2.75, 3.05) is 25.6 Å². The predicted octanol–water partition coefficient (Wildman–Crippen LogP) is -1.31. The third-order valence-corrected chi connectivity index (χ3v) is 2.14. The topological polar surface area (TPSA) is 47.0 Å². The lowest BCUT2D eigenvalue weighted by Crippen LogP contribution is -3.00. The van der Waals surface area contributed by atoms with E-state index in [2.05, 4.69) is 15.3 Å². The number of halogens is 1. The van der Waals surface area contributed by atoms with Gasteiger partial charge in [-0.1, -0.05) is 12.1 Å². The second kappa shape index (κ2) is 6.25. The van der Waals surface area contributed by atoms with Crippen LogP contribution in [0.2, 0.25) is 0 Å². The number of aromatic nitrogens is 2. The second-order valence-corrected chi connectivity index (χ2v) is 3.16. The molecule has 0 saturated carbocycles. The van der Waals surface area contributed by atoms with Crippen molar-refractivity contribution in [3.8, 4) is 0 Å². The normalized spacial score (nSPS) is 9.81. The Morgan fingerprint density at radius 3 is 2.88 bits per heavy atom. The Morgan fingerprint density at radius 2 is 2.06 bits per heavy atom. The first kappa shape index (κ1) is 12.7. The fourth-order valence-corrected chi connectivity index (χ4v) is 1.42. The molecular formula is C11H13ClN3O-. The summed E-state index contributed by atoms with van der Waals surface area (Å²) in [5.41, 5.74) is 0.951. The Balaban J connectivity index is 0.00000128. The Hall–Kier alpha value is -1.39. The molecule has 86 valence electrons. The number of anilines is 1. The van der Waals surface area contributed by atoms with Gasteiger partial charge in [0.05, 0.1) is 12.1 Å². The van der Waals surface area contributed by atoms with Gasteiger partial charge in [-0.3, -0.25) is 0 Å². The number of fused-ring (bicyclic) bond motifs is 1. The van der Waals surface area contributed by atoms with Crippen LogP contribution in [-0.2, 0) is 4.74 Å². The Morgan fingerprint density at radius 1 is 1.25 bits per heavy atom. The van der Waals surface area contributed by atoms with Crippen LogP contribution in [0, 0.1) is 0 Å². The third-order valence-electron chi connectivity index (χ3n) is 2.14. The maximum absolute atomic E-state index is 4.97. The molecule has 2 aromatic rings. The minimum atomic E-state index is 0. The molecule has 16 heavy (non-hydrogen) atoms. The van der Waals surface area contributed by atoms with Gasteiger partial charge in [-0.2, -0.15) is 0 Å². The number of hydrogen-bond donors (Lipinski definition) is 1. The monoisotopic (exact) mass is 238 g/mol. The number of benzene rings is 1. The zero-order chi connectivity index (χ0) is 10.5. The molecule has 2 rings (SSSR count). The lowest BCUT2D eigenvalue weighted by Gasteiger charge is -2.06. The fraction of sp³-hybridized carbons (Fsp3) is 0.273. The highest BCUT2D eigenvalue weighted by Gasteiger charge is 2.00. The third kappa shape index (κ3) is 2.81. The van der Waals surface area contributed by atoms with Crippen LogP contribution < -0.4 is 17.7 Å². The van der Waals surface area contributed by atoms with Crippen molar-refractivity contribution in [2.45, 2.75) is 0 Å². The predicted molar refractivity (Wildman–Crippen MR) is 59.9 cm³/mol. The van der Waals surface area contributed by atoms with Crippen LogP contribution >= 0.6 is 0 Å². The SMILES string of the molecule is COCCNc1ncnc2ccccc12.[Cl-]. The van der Waals surface area contributed by atoms with Crippen LogP contribution in [0.4, 0.5) is 5.82 Å². The molecule has 5 heteroatoms. The van der Waals surface area contributed by atoms with Crippen LogP contribution in [0.25, 0.3) is 10.9 Å². The van der Waals surface area contributed by atoms with Gasteiger partial charge in [0.15, 0.2) is 0 Å². The van der Waals surface area contributed by atoms with Crippen molar-refractivity contribution in [3.05, 3.63) is 30.6 Å². The number of nitrogens with one attached hydrogen (secondary N) is 1. The second-order valence-electron chi connectivity index (χ2n) is 3.16. The molecule has 1 heterocycles. The molecule has 1 aromatic carbocycles. The van der Waals surface area contributed by atoms with E-state index in [9.17, 15) is 0 Å². The van der Waals surface area contributed by atoms with Gasteiger partial charge in [0, 0.05) is 19.0 Å². The van der Waals surface area contributed by atoms with Gasteiger partial charge in [0.2, 0.25) is 0 Å². The molecule has 4 nitrogen and oxygen atoms in total. The molecule has 0 unspecified atom stereocenters. The van der Waals surface area contributed by atoms with E-state index in [0.717, 1.165) is 23.3 Å². The Bertz CT molecular complexity index is 445. The lowest BCUT2D eigenvalue weighted by molar-refractivity contribution is -0.00000348. The van der Waals surface area contributed by atoms with E-state index < -0.39 is 0 Å². The molecule has 1 N–H and O–H groups in total. The highest BCUT2D eigenvalue weighted by atomic mass is 35.5. The van der Waals surface area contributed by atoms with Crippen LogP contribution in [0.15, 0.2) is 30.6 Å². The molecule has 0 atom stereocenters. The maximum Gasteiger partial charge on any atom is 0.137 e. The van der Waals surface area contributed by atoms with Gasteiger partial charge < -0.3 is 22.5 Å². The number of rotatable bonds is 4. The van der Waals surface area contributed by atoms with Crippen LogP contribution in [0.1, 0.15) is 0 Å². The molecule has 0 aliphatic heterocycles. The number of nitrogens with zero attached hydrogens (tertiary/aromatic N) is 2. The molecular weight excluding hydrogens is 226 g/mol.